The van der Waals surface area contributed by atoms with E-state index < -0.39 is 43.4 Å². The fourth-order valence-electron chi connectivity index (χ4n) is 8.37. The van der Waals surface area contributed by atoms with Gasteiger partial charge in [-0.25, -0.2) is 0 Å². The number of rotatable bonds is 50. The van der Waals surface area contributed by atoms with Crippen LogP contribution < -0.4 is 0 Å². The quantitative estimate of drug-likeness (QED) is 0.0267. The minimum Gasteiger partial charge on any atom is -0.457 e. The van der Waals surface area contributed by atoms with Crippen molar-refractivity contribution in [3.8, 4) is 0 Å². The van der Waals surface area contributed by atoms with E-state index in [1.807, 2.05) is 0 Å². The molecule has 4 N–H and O–H groups in total. The number of unbranched alkanes of at least 4 members (excludes halogenated alkanes) is 19. The molecular weight excluding hydrogens is 925 g/mol. The molecule has 6 unspecified atom stereocenters. The molecule has 422 valence electrons. The molecule has 6 atom stereocenters. The van der Waals surface area contributed by atoms with Crippen molar-refractivity contribution in [2.45, 2.75) is 256 Å². The molecule has 1 aliphatic heterocycles. The first-order valence-corrected chi connectivity index (χ1v) is 29.6. The maximum Gasteiger partial charge on any atom is 0.306 e. The van der Waals surface area contributed by atoms with Gasteiger partial charge in [-0.05, 0) is 103 Å². The van der Waals surface area contributed by atoms with Crippen LogP contribution in [0.5, 0.6) is 0 Å². The number of aliphatic hydroxyl groups is 4. The number of aliphatic hydroxyl groups excluding tert-OH is 4. The molecule has 0 aromatic carbocycles. The van der Waals surface area contributed by atoms with Crippen LogP contribution in [0.1, 0.15) is 219 Å². The molecule has 0 bridgehead atoms. The second-order valence-corrected chi connectivity index (χ2v) is 19.7. The van der Waals surface area contributed by atoms with Gasteiger partial charge in [-0.2, -0.15) is 0 Å². The summed E-state index contributed by atoms with van der Waals surface area (Å²) in [6.45, 7) is 4.30. The molecule has 1 fully saturated rings. The van der Waals surface area contributed by atoms with Crippen LogP contribution in [0.15, 0.2) is 122 Å². The highest BCUT2D eigenvalue weighted by Gasteiger charge is 2.44. The Kier molecular flexibility index (Phi) is 50.4. The van der Waals surface area contributed by atoms with Crippen LogP contribution in [0.2, 0.25) is 0 Å². The summed E-state index contributed by atoms with van der Waals surface area (Å²) in [7, 11) is 0. The van der Waals surface area contributed by atoms with E-state index in [4.69, 9.17) is 18.9 Å². The summed E-state index contributed by atoms with van der Waals surface area (Å²) < 4.78 is 23.0. The molecular formula is C65H108O9. The summed E-state index contributed by atoms with van der Waals surface area (Å²) >= 11 is 0. The molecule has 0 radical (unpaired) electrons. The maximum absolute atomic E-state index is 12.9. The SMILES string of the molecule is CC/C=C\C/C=C\C/C=C\C/C=C\C/C=C\C/C=C\CCCCCCCCCOCC(COC1OC(CO)C(O)C(O)C1O)OC(=O)CCCCCCCCCCCCCC/C=C\C/C=C\C/C=C\C/C=C\CC. The summed E-state index contributed by atoms with van der Waals surface area (Å²) in [5.74, 6) is -0.324. The Balaban J connectivity index is 2.17. The van der Waals surface area contributed by atoms with Crippen molar-refractivity contribution in [3.05, 3.63) is 122 Å². The zero-order valence-corrected chi connectivity index (χ0v) is 46.8. The van der Waals surface area contributed by atoms with Crippen LogP contribution in [-0.4, -0.2) is 89.6 Å². The molecule has 74 heavy (non-hydrogen) atoms. The van der Waals surface area contributed by atoms with Gasteiger partial charge in [-0.1, -0.05) is 232 Å². The Bertz CT molecular complexity index is 1550. The van der Waals surface area contributed by atoms with Crippen molar-refractivity contribution in [2.24, 2.45) is 0 Å². The molecule has 1 rings (SSSR count). The monoisotopic (exact) mass is 1030 g/mol. The highest BCUT2D eigenvalue weighted by atomic mass is 16.7. The smallest absolute Gasteiger partial charge is 0.306 e. The molecule has 9 heteroatoms. The molecule has 1 aliphatic rings. The minimum atomic E-state index is -1.55. The first-order chi connectivity index (χ1) is 36.4. The molecule has 0 aromatic heterocycles. The van der Waals surface area contributed by atoms with E-state index in [1.165, 1.54) is 89.9 Å². The molecule has 0 amide bonds. The van der Waals surface area contributed by atoms with Crippen LogP contribution in [0, 0.1) is 0 Å². The van der Waals surface area contributed by atoms with E-state index in [9.17, 15) is 25.2 Å². The summed E-state index contributed by atoms with van der Waals surface area (Å²) in [5, 5.41) is 40.4. The van der Waals surface area contributed by atoms with Gasteiger partial charge in [0.05, 0.1) is 19.8 Å². The van der Waals surface area contributed by atoms with Crippen molar-refractivity contribution < 1.29 is 44.2 Å². The lowest BCUT2D eigenvalue weighted by Gasteiger charge is -2.39. The van der Waals surface area contributed by atoms with E-state index in [0.717, 1.165) is 109 Å². The van der Waals surface area contributed by atoms with Gasteiger partial charge >= 0.3 is 5.97 Å². The van der Waals surface area contributed by atoms with Gasteiger partial charge in [0, 0.05) is 13.0 Å². The van der Waals surface area contributed by atoms with Crippen LogP contribution >= 0.6 is 0 Å². The number of hydrogen-bond acceptors (Lipinski definition) is 9. The lowest BCUT2D eigenvalue weighted by molar-refractivity contribution is -0.305. The van der Waals surface area contributed by atoms with Crippen molar-refractivity contribution in [1.29, 1.82) is 0 Å². The average molecular weight is 1030 g/mol. The average Bonchev–Trinajstić information content (AvgIpc) is 3.40. The van der Waals surface area contributed by atoms with Crippen LogP contribution in [0.25, 0.3) is 0 Å². The topological polar surface area (TPSA) is 135 Å². The Labute approximate surface area is 452 Å². The van der Waals surface area contributed by atoms with Gasteiger partial charge < -0.3 is 39.4 Å². The van der Waals surface area contributed by atoms with Crippen LogP contribution in [0.3, 0.4) is 0 Å². The van der Waals surface area contributed by atoms with Gasteiger partial charge in [0.2, 0.25) is 0 Å². The van der Waals surface area contributed by atoms with Gasteiger partial charge in [0.25, 0.3) is 0 Å². The lowest BCUT2D eigenvalue weighted by Crippen LogP contribution is -2.59. The summed E-state index contributed by atoms with van der Waals surface area (Å²) in [6.07, 6.45) is 72.4. The van der Waals surface area contributed by atoms with E-state index >= 15 is 0 Å². The van der Waals surface area contributed by atoms with Crippen molar-refractivity contribution in [2.75, 3.05) is 26.4 Å². The highest BCUT2D eigenvalue weighted by Crippen LogP contribution is 2.23. The molecule has 0 aromatic rings. The number of ether oxygens (including phenoxy) is 4. The normalized spacial score (nSPS) is 19.5. The Morgan fingerprint density at radius 2 is 0.784 bits per heavy atom. The van der Waals surface area contributed by atoms with Crippen LogP contribution in [-0.2, 0) is 23.7 Å². The summed E-state index contributed by atoms with van der Waals surface area (Å²) in [4.78, 5) is 12.9. The van der Waals surface area contributed by atoms with Gasteiger partial charge in [0.15, 0.2) is 6.29 Å². The molecule has 0 spiro atoms. The van der Waals surface area contributed by atoms with Gasteiger partial charge in [-0.15, -0.1) is 0 Å². The minimum absolute atomic E-state index is 0.126. The third-order valence-corrected chi connectivity index (χ3v) is 12.9. The zero-order chi connectivity index (χ0) is 53.5. The maximum atomic E-state index is 12.9. The van der Waals surface area contributed by atoms with Crippen molar-refractivity contribution >= 4 is 5.97 Å². The largest absolute Gasteiger partial charge is 0.457 e. The number of carbonyl (C=O) groups is 1. The molecule has 9 nitrogen and oxygen atoms in total. The highest BCUT2D eigenvalue weighted by molar-refractivity contribution is 5.69. The van der Waals surface area contributed by atoms with E-state index in [1.54, 1.807) is 0 Å². The third-order valence-electron chi connectivity index (χ3n) is 12.9. The Morgan fingerprint density at radius 3 is 1.18 bits per heavy atom. The number of allylic oxidation sites excluding steroid dienone is 20. The predicted octanol–water partition coefficient (Wildman–Crippen LogP) is 15.8. The molecule has 0 aliphatic carbocycles. The molecule has 0 saturated carbocycles. The number of carbonyl (C=O) groups excluding carboxylic acids is 1. The zero-order valence-electron chi connectivity index (χ0n) is 46.8. The summed E-state index contributed by atoms with van der Waals surface area (Å²) in [6, 6.07) is 0. The van der Waals surface area contributed by atoms with E-state index in [0.29, 0.717) is 13.0 Å². The second kappa shape index (κ2) is 54.4. The Morgan fingerprint density at radius 1 is 0.432 bits per heavy atom. The lowest BCUT2D eigenvalue weighted by atomic mass is 9.99. The van der Waals surface area contributed by atoms with E-state index in [-0.39, 0.29) is 19.2 Å². The summed E-state index contributed by atoms with van der Waals surface area (Å²) in [5.41, 5.74) is 0. The van der Waals surface area contributed by atoms with Crippen molar-refractivity contribution in [1.82, 2.24) is 0 Å². The first kappa shape index (κ1) is 68.6. The fraction of sp³-hybridized carbons (Fsp3) is 0.677. The standard InChI is InChI=1S/C65H108O9/c1-3-5-7-9-11-13-15-17-19-21-23-25-27-29-31-33-35-37-39-41-43-45-47-49-51-53-55-71-57-59(58-72-65-64(70)63(69)62(68)60(56-66)74-65)73-61(67)54-52-50-48-46-44-42-40-38-36-34-32-30-28-26-24-22-20-18-16-14-12-10-8-6-4-2/h5-8,11-14,17-20,23-26,29,31,35,37,59-60,62-66,68-70H,3-4,9-10,15-16,21-22,27-28,30,32-34,36,38-58H2,1-2H3/b7-5-,8-6-,13-11-,14-12-,19-17-,20-18-,25-23-,26-24-,31-29-,37-35-. The predicted molar refractivity (Wildman–Crippen MR) is 311 cm³/mol. The van der Waals surface area contributed by atoms with Crippen LogP contribution in [0.4, 0.5) is 0 Å². The molecule has 1 saturated heterocycles. The Hall–Kier alpha value is -3.41. The van der Waals surface area contributed by atoms with E-state index in [2.05, 4.69) is 135 Å². The molecule has 1 heterocycles. The third kappa shape index (κ3) is 43.8. The first-order valence-electron chi connectivity index (χ1n) is 29.6. The second-order valence-electron chi connectivity index (χ2n) is 19.7. The number of esters is 1. The number of hydrogen-bond donors (Lipinski definition) is 4. The van der Waals surface area contributed by atoms with Crippen molar-refractivity contribution in [3.63, 3.8) is 0 Å². The van der Waals surface area contributed by atoms with Gasteiger partial charge in [0.1, 0.15) is 30.5 Å². The van der Waals surface area contributed by atoms with Gasteiger partial charge in [-0.3, -0.25) is 4.79 Å². The fourth-order valence-corrected chi connectivity index (χ4v) is 8.37.